The molecule has 3 aromatic heterocycles. The van der Waals surface area contributed by atoms with Crippen molar-refractivity contribution in [1.29, 1.82) is 0 Å². The molecule has 4 aliphatic rings. The third-order valence-corrected chi connectivity index (χ3v) is 12.9. The Hall–Kier alpha value is -5.28. The van der Waals surface area contributed by atoms with Gasteiger partial charge in [-0.25, -0.2) is 14.8 Å². The first-order chi connectivity index (χ1) is 29.1. The lowest BCUT2D eigenvalue weighted by Crippen LogP contribution is -2.48. The van der Waals surface area contributed by atoms with Crippen molar-refractivity contribution < 1.29 is 19.1 Å². The molecule has 60 heavy (non-hydrogen) atoms. The molecule has 15 heteroatoms. The number of nitrogens with zero attached hydrogens (tertiary/aromatic N) is 8. The number of hydrogen-bond acceptors (Lipinski definition) is 11. The minimum Gasteiger partial charge on any atom is -0.491 e. The summed E-state index contributed by atoms with van der Waals surface area (Å²) in [5.74, 6) is 1.76. The summed E-state index contributed by atoms with van der Waals surface area (Å²) in [6.07, 6.45) is 9.46. The predicted molar refractivity (Wildman–Crippen MR) is 232 cm³/mol. The number of fused-ring (bicyclic) bond motifs is 2. The van der Waals surface area contributed by atoms with Crippen LogP contribution >= 0.6 is 0 Å². The number of aromatic nitrogens is 6. The highest BCUT2D eigenvalue weighted by atomic mass is 16.5. The average Bonchev–Trinajstić information content (AvgIpc) is 3.79. The van der Waals surface area contributed by atoms with Gasteiger partial charge in [-0.1, -0.05) is 0 Å². The summed E-state index contributed by atoms with van der Waals surface area (Å²) < 4.78 is 16.0. The van der Waals surface area contributed by atoms with E-state index in [2.05, 4.69) is 58.4 Å². The molecule has 2 amide bonds. The number of piperidine rings is 2. The van der Waals surface area contributed by atoms with E-state index in [1.54, 1.807) is 15.5 Å². The Labute approximate surface area is 350 Å². The molecule has 1 aliphatic carbocycles. The number of carbonyl (C=O) groups is 2. The molecule has 1 atom stereocenters. The van der Waals surface area contributed by atoms with E-state index in [0.717, 1.165) is 122 Å². The number of imidazole rings is 1. The van der Waals surface area contributed by atoms with Gasteiger partial charge in [-0.05, 0) is 115 Å². The monoisotopic (exact) mass is 818 g/mol. The van der Waals surface area contributed by atoms with Crippen LogP contribution in [0.15, 0.2) is 53.6 Å². The van der Waals surface area contributed by atoms with Crippen molar-refractivity contribution >= 4 is 45.3 Å². The number of carbonyl (C=O) groups excluding carboxylic acids is 2. The Morgan fingerprint density at radius 3 is 2.28 bits per heavy atom. The van der Waals surface area contributed by atoms with Crippen molar-refractivity contribution in [2.45, 2.75) is 109 Å². The highest BCUT2D eigenvalue weighted by Crippen LogP contribution is 2.34. The largest absolute Gasteiger partial charge is 0.491 e. The zero-order valence-electron chi connectivity index (χ0n) is 35.3. The fourth-order valence-corrected chi connectivity index (χ4v) is 9.84. The van der Waals surface area contributed by atoms with Crippen LogP contribution in [-0.4, -0.2) is 110 Å². The van der Waals surface area contributed by atoms with Gasteiger partial charge < -0.3 is 19.3 Å². The number of imide groups is 1. The molecule has 4 fully saturated rings. The predicted octanol–water partition coefficient (Wildman–Crippen LogP) is 5.85. The van der Waals surface area contributed by atoms with Gasteiger partial charge >= 0.3 is 5.69 Å². The fourth-order valence-electron chi connectivity index (χ4n) is 9.84. The summed E-state index contributed by atoms with van der Waals surface area (Å²) >= 11 is 0. The minimum atomic E-state index is -0.691. The molecular weight excluding hydrogens is 761 g/mol. The van der Waals surface area contributed by atoms with Crippen LogP contribution in [0.25, 0.3) is 33.3 Å². The summed E-state index contributed by atoms with van der Waals surface area (Å²) in [4.78, 5) is 54.9. The van der Waals surface area contributed by atoms with Crippen molar-refractivity contribution in [3.8, 4) is 17.1 Å². The summed E-state index contributed by atoms with van der Waals surface area (Å²) in [7, 11) is 0. The molecule has 1 saturated carbocycles. The second-order valence-electron chi connectivity index (χ2n) is 17.7. The van der Waals surface area contributed by atoms with E-state index in [0.29, 0.717) is 18.4 Å². The first kappa shape index (κ1) is 40.1. The molecule has 0 spiro atoms. The number of anilines is 2. The van der Waals surface area contributed by atoms with Crippen LogP contribution in [-0.2, 0) is 14.3 Å². The number of benzene rings is 2. The number of nitrogens with one attached hydrogen (secondary N) is 2. The number of rotatable bonds is 11. The maximum atomic E-state index is 13.7. The van der Waals surface area contributed by atoms with Crippen LogP contribution in [0.5, 0.6) is 5.75 Å². The second kappa shape index (κ2) is 17.0. The van der Waals surface area contributed by atoms with Gasteiger partial charge in [0, 0.05) is 75.4 Å². The Bertz CT molecular complexity index is 2400. The molecule has 2 aromatic carbocycles. The summed E-state index contributed by atoms with van der Waals surface area (Å²) in [5, 5.41) is 11.1. The van der Waals surface area contributed by atoms with E-state index < -0.39 is 11.9 Å². The lowest BCUT2D eigenvalue weighted by molar-refractivity contribution is -0.135. The van der Waals surface area contributed by atoms with Gasteiger partial charge in [0.25, 0.3) is 0 Å². The lowest BCUT2D eigenvalue weighted by atomic mass is 9.86. The quantitative estimate of drug-likeness (QED) is 0.154. The summed E-state index contributed by atoms with van der Waals surface area (Å²) in [5.41, 5.74) is 4.98. The van der Waals surface area contributed by atoms with Crippen LogP contribution in [0.1, 0.15) is 91.1 Å². The van der Waals surface area contributed by atoms with Gasteiger partial charge in [0.2, 0.25) is 11.8 Å². The number of H-pyrrole nitrogens is 1. The van der Waals surface area contributed by atoms with Crippen molar-refractivity contribution in [2.75, 3.05) is 55.6 Å². The maximum absolute atomic E-state index is 13.7. The standard InChI is InChI=1S/C45H58N10O5/c1-28(2)54-40-23-31(7-12-38(40)55(45(54)58)39-13-14-42(56)48-44(39)57)52-17-15-33(16-18-52)60-32-8-5-30(6-9-32)26-51-19-21-53(22-20-51)41-25-37(46-27-47-41)43-35-24-34(59-29(3)4)10-11-36(35)49-50-43/h7,10-12,23-25,27-30,32-33,39H,5-6,8-9,13-22,26H2,1-4H3,(H,49,50)(H,48,56,57). The molecule has 9 rings (SSSR count). The SMILES string of the molecule is CC(C)Oc1ccc2[nH]nc(-c3cc(N4CCN(CC5CCC(OC6CCN(c7ccc8c(c7)n(C(C)C)c(=O)n8C7CCC(=O)NC7=O)CC6)CC5)CC4)ncn3)c2c1. The van der Waals surface area contributed by atoms with Crippen molar-refractivity contribution in [2.24, 2.45) is 5.92 Å². The smallest absolute Gasteiger partial charge is 0.330 e. The van der Waals surface area contributed by atoms with E-state index in [4.69, 9.17) is 9.47 Å². The van der Waals surface area contributed by atoms with Crippen molar-refractivity contribution in [1.82, 2.24) is 39.5 Å². The zero-order valence-corrected chi connectivity index (χ0v) is 35.3. The third-order valence-electron chi connectivity index (χ3n) is 12.9. The number of aromatic amines is 1. The first-order valence-corrected chi connectivity index (χ1v) is 22.0. The van der Waals surface area contributed by atoms with Crippen molar-refractivity contribution in [3.63, 3.8) is 0 Å². The number of hydrogen-bond donors (Lipinski definition) is 2. The molecule has 318 valence electrons. The Balaban J connectivity index is 0.737. The molecule has 0 bridgehead atoms. The Morgan fingerprint density at radius 2 is 1.55 bits per heavy atom. The molecule has 6 heterocycles. The molecule has 1 unspecified atom stereocenters. The highest BCUT2D eigenvalue weighted by molar-refractivity contribution is 6.00. The van der Waals surface area contributed by atoms with Crippen LogP contribution in [0.2, 0.25) is 0 Å². The van der Waals surface area contributed by atoms with Crippen molar-refractivity contribution in [3.05, 3.63) is 59.3 Å². The first-order valence-electron chi connectivity index (χ1n) is 22.0. The topological polar surface area (TPSA) is 156 Å². The Kier molecular flexibility index (Phi) is 11.4. The molecule has 3 saturated heterocycles. The molecule has 2 N–H and O–H groups in total. The van der Waals surface area contributed by atoms with Crippen LogP contribution < -0.4 is 25.5 Å². The maximum Gasteiger partial charge on any atom is 0.330 e. The zero-order chi connectivity index (χ0) is 41.5. The summed E-state index contributed by atoms with van der Waals surface area (Å²) in [6, 6.07) is 13.4. The van der Waals surface area contributed by atoms with E-state index in [1.807, 2.05) is 52.0 Å². The van der Waals surface area contributed by atoms with Gasteiger partial charge in [-0.3, -0.25) is 34.0 Å². The van der Waals surface area contributed by atoms with Gasteiger partial charge in [-0.2, -0.15) is 5.10 Å². The van der Waals surface area contributed by atoms with E-state index >= 15 is 0 Å². The summed E-state index contributed by atoms with van der Waals surface area (Å²) in [6.45, 7) is 14.8. The highest BCUT2D eigenvalue weighted by Gasteiger charge is 2.33. The number of piperazine rings is 1. The third kappa shape index (κ3) is 8.25. The molecular formula is C45H58N10O5. The van der Waals surface area contributed by atoms with E-state index in [-0.39, 0.29) is 36.3 Å². The Morgan fingerprint density at radius 1 is 0.783 bits per heavy atom. The normalized spacial score (nSPS) is 22.4. The van der Waals surface area contributed by atoms with Gasteiger partial charge in [-0.15, -0.1) is 0 Å². The van der Waals surface area contributed by atoms with Gasteiger partial charge in [0.1, 0.15) is 29.6 Å². The lowest BCUT2D eigenvalue weighted by Gasteiger charge is -2.39. The minimum absolute atomic E-state index is 0.0792. The van der Waals surface area contributed by atoms with Gasteiger partial charge in [0.05, 0.1) is 40.6 Å². The fraction of sp³-hybridized carbons (Fsp3) is 0.556. The average molecular weight is 819 g/mol. The van der Waals surface area contributed by atoms with E-state index in [9.17, 15) is 14.4 Å². The molecule has 15 nitrogen and oxygen atoms in total. The number of ether oxygens (including phenoxy) is 2. The second-order valence-corrected chi connectivity index (χ2v) is 17.7. The van der Waals surface area contributed by atoms with Crippen LogP contribution in [0, 0.1) is 5.92 Å². The molecule has 0 radical (unpaired) electrons. The number of amides is 2. The van der Waals surface area contributed by atoms with Crippen LogP contribution in [0.3, 0.4) is 0 Å². The molecule has 3 aliphatic heterocycles. The van der Waals surface area contributed by atoms with Gasteiger partial charge in [0.15, 0.2) is 0 Å². The van der Waals surface area contributed by atoms with E-state index in [1.165, 1.54) is 12.8 Å². The van der Waals surface area contributed by atoms with Crippen LogP contribution in [0.4, 0.5) is 11.5 Å². The molecule has 5 aromatic rings.